The molecule has 2 aliphatic heterocycles. The molecule has 0 bridgehead atoms. The summed E-state index contributed by atoms with van der Waals surface area (Å²) in [5.41, 5.74) is 1.30. The van der Waals surface area contributed by atoms with Gasteiger partial charge >= 0.3 is 0 Å². The monoisotopic (exact) mass is 444 g/mol. The van der Waals surface area contributed by atoms with Crippen LogP contribution < -0.4 is 15.4 Å². The Kier molecular flexibility index (Phi) is 10.1. The summed E-state index contributed by atoms with van der Waals surface area (Å²) in [6, 6.07) is 8.82. The quantitative estimate of drug-likeness (QED) is 0.427. The molecule has 0 radical (unpaired) electrons. The van der Waals surface area contributed by atoms with Crippen LogP contribution in [0.2, 0.25) is 0 Å². The number of nitrogens with one attached hydrogen (secondary N) is 2. The summed E-state index contributed by atoms with van der Waals surface area (Å²) < 4.78 is 5.48. The zero-order valence-corrected chi connectivity index (χ0v) is 20.6. The molecule has 1 aromatic rings. The number of likely N-dealkylation sites (tertiary alicyclic amines) is 1. The standard InChI is InChI=1S/C25H44N6O/c1-5-26-25(27-18-21(2)20-30-15-13-29(3)14-16-30)28-19-24(31-11-6-7-12-31)22-9-8-10-23(17-22)32-4/h8-10,17,21,24H,5-7,11-16,18-20H2,1-4H3,(H2,26,27,28). The van der Waals surface area contributed by atoms with E-state index in [2.05, 4.69) is 64.4 Å². The van der Waals surface area contributed by atoms with Crippen molar-refractivity contribution in [1.29, 1.82) is 0 Å². The van der Waals surface area contributed by atoms with Gasteiger partial charge in [-0.3, -0.25) is 9.89 Å². The Hall–Kier alpha value is -1.83. The fraction of sp³-hybridized carbons (Fsp3) is 0.720. The van der Waals surface area contributed by atoms with Crippen LogP contribution in [0.1, 0.15) is 38.3 Å². The van der Waals surface area contributed by atoms with Crippen LogP contribution in [0, 0.1) is 5.92 Å². The second-order valence-corrected chi connectivity index (χ2v) is 9.35. The van der Waals surface area contributed by atoms with Gasteiger partial charge < -0.3 is 25.2 Å². The Morgan fingerprint density at radius 2 is 1.84 bits per heavy atom. The number of rotatable bonds is 10. The first-order valence-corrected chi connectivity index (χ1v) is 12.4. The summed E-state index contributed by atoms with van der Waals surface area (Å²) in [4.78, 5) is 12.5. The van der Waals surface area contributed by atoms with Gasteiger partial charge in [0.05, 0.1) is 13.2 Å². The first-order valence-electron chi connectivity index (χ1n) is 12.4. The predicted octanol–water partition coefficient (Wildman–Crippen LogP) is 2.27. The smallest absolute Gasteiger partial charge is 0.191 e. The van der Waals surface area contributed by atoms with Crippen LogP contribution in [0.5, 0.6) is 5.75 Å². The highest BCUT2D eigenvalue weighted by Gasteiger charge is 2.24. The highest BCUT2D eigenvalue weighted by molar-refractivity contribution is 5.79. The number of piperazine rings is 1. The predicted molar refractivity (Wildman–Crippen MR) is 134 cm³/mol. The summed E-state index contributed by atoms with van der Waals surface area (Å²) in [5.74, 6) is 2.39. The molecule has 0 spiro atoms. The van der Waals surface area contributed by atoms with E-state index in [9.17, 15) is 0 Å². The van der Waals surface area contributed by atoms with Crippen molar-refractivity contribution < 1.29 is 4.74 Å². The molecule has 180 valence electrons. The maximum absolute atomic E-state index is 5.48. The third kappa shape index (κ3) is 7.64. The summed E-state index contributed by atoms with van der Waals surface area (Å²) >= 11 is 0. The minimum atomic E-state index is 0.319. The topological polar surface area (TPSA) is 55.4 Å². The van der Waals surface area contributed by atoms with E-state index < -0.39 is 0 Å². The minimum absolute atomic E-state index is 0.319. The average molecular weight is 445 g/mol. The van der Waals surface area contributed by atoms with E-state index in [-0.39, 0.29) is 0 Å². The molecular weight excluding hydrogens is 400 g/mol. The van der Waals surface area contributed by atoms with Gasteiger partial charge in [-0.05, 0) is 63.5 Å². The Bertz CT molecular complexity index is 697. The Balaban J connectivity index is 1.58. The van der Waals surface area contributed by atoms with E-state index in [1.54, 1.807) is 7.11 Å². The van der Waals surface area contributed by atoms with E-state index in [1.165, 1.54) is 44.6 Å². The number of guanidine groups is 1. The lowest BCUT2D eigenvalue weighted by Gasteiger charge is -2.33. The number of hydrogen-bond acceptors (Lipinski definition) is 5. The summed E-state index contributed by atoms with van der Waals surface area (Å²) in [5, 5.41) is 7.08. The average Bonchev–Trinajstić information content (AvgIpc) is 3.34. The molecule has 1 aromatic carbocycles. The third-order valence-electron chi connectivity index (χ3n) is 6.59. The van der Waals surface area contributed by atoms with Crippen LogP contribution in [-0.4, -0.2) is 100 Å². The molecule has 2 N–H and O–H groups in total. The molecule has 2 aliphatic rings. The van der Waals surface area contributed by atoms with Gasteiger partial charge in [0.2, 0.25) is 0 Å². The van der Waals surface area contributed by atoms with Crippen molar-refractivity contribution in [3.8, 4) is 5.75 Å². The maximum Gasteiger partial charge on any atom is 0.191 e. The summed E-state index contributed by atoms with van der Waals surface area (Å²) in [6.45, 7) is 15.1. The summed E-state index contributed by atoms with van der Waals surface area (Å²) in [6.07, 6.45) is 2.55. The van der Waals surface area contributed by atoms with Crippen molar-refractivity contribution in [2.75, 3.05) is 79.6 Å². The van der Waals surface area contributed by atoms with Gasteiger partial charge in [-0.1, -0.05) is 19.1 Å². The van der Waals surface area contributed by atoms with Gasteiger partial charge in [-0.15, -0.1) is 0 Å². The SMILES string of the molecule is CCNC(=NCC(C)CN1CCN(C)CC1)NCC(c1cccc(OC)c1)N1CCCC1. The number of aliphatic imine (C=N–C) groups is 1. The van der Waals surface area contributed by atoms with E-state index >= 15 is 0 Å². The molecule has 32 heavy (non-hydrogen) atoms. The lowest BCUT2D eigenvalue weighted by Crippen LogP contribution is -2.46. The largest absolute Gasteiger partial charge is 0.497 e. The highest BCUT2D eigenvalue weighted by atomic mass is 16.5. The molecule has 2 saturated heterocycles. The molecule has 2 fully saturated rings. The van der Waals surface area contributed by atoms with Crippen molar-refractivity contribution in [2.45, 2.75) is 32.7 Å². The molecule has 7 heteroatoms. The molecule has 2 atom stereocenters. The Labute approximate surface area is 195 Å². The van der Waals surface area contributed by atoms with Crippen molar-refractivity contribution in [3.05, 3.63) is 29.8 Å². The number of nitrogens with zero attached hydrogens (tertiary/aromatic N) is 4. The van der Waals surface area contributed by atoms with Crippen molar-refractivity contribution in [2.24, 2.45) is 10.9 Å². The Morgan fingerprint density at radius 3 is 2.53 bits per heavy atom. The van der Waals surface area contributed by atoms with Crippen LogP contribution in [0.25, 0.3) is 0 Å². The van der Waals surface area contributed by atoms with Gasteiger partial charge in [-0.2, -0.15) is 0 Å². The second kappa shape index (κ2) is 13.0. The van der Waals surface area contributed by atoms with Crippen LogP contribution in [0.3, 0.4) is 0 Å². The van der Waals surface area contributed by atoms with Crippen LogP contribution in [0.4, 0.5) is 0 Å². The number of benzene rings is 1. The van der Waals surface area contributed by atoms with Crippen molar-refractivity contribution >= 4 is 5.96 Å². The lowest BCUT2D eigenvalue weighted by atomic mass is 10.1. The second-order valence-electron chi connectivity index (χ2n) is 9.35. The molecule has 0 saturated carbocycles. The van der Waals surface area contributed by atoms with E-state index in [4.69, 9.17) is 9.73 Å². The molecule has 7 nitrogen and oxygen atoms in total. The minimum Gasteiger partial charge on any atom is -0.497 e. The van der Waals surface area contributed by atoms with Gasteiger partial charge in [0, 0.05) is 52.4 Å². The maximum atomic E-state index is 5.48. The molecule has 0 aliphatic carbocycles. The first-order chi connectivity index (χ1) is 15.6. The molecule has 3 rings (SSSR count). The van der Waals surface area contributed by atoms with Gasteiger partial charge in [-0.25, -0.2) is 0 Å². The van der Waals surface area contributed by atoms with Crippen molar-refractivity contribution in [3.63, 3.8) is 0 Å². The summed E-state index contributed by atoms with van der Waals surface area (Å²) in [7, 11) is 3.95. The van der Waals surface area contributed by atoms with Crippen molar-refractivity contribution in [1.82, 2.24) is 25.3 Å². The molecule has 2 heterocycles. The first kappa shape index (κ1) is 24.8. The van der Waals surface area contributed by atoms with Gasteiger partial charge in [0.1, 0.15) is 5.75 Å². The van der Waals surface area contributed by atoms with E-state index in [1.807, 2.05) is 6.07 Å². The van der Waals surface area contributed by atoms with E-state index in [0.717, 1.165) is 51.0 Å². The number of likely N-dealkylation sites (N-methyl/N-ethyl adjacent to an activating group) is 1. The van der Waals surface area contributed by atoms with Gasteiger partial charge in [0.15, 0.2) is 5.96 Å². The van der Waals surface area contributed by atoms with Crippen LogP contribution >= 0.6 is 0 Å². The van der Waals surface area contributed by atoms with E-state index in [0.29, 0.717) is 12.0 Å². The van der Waals surface area contributed by atoms with Gasteiger partial charge in [0.25, 0.3) is 0 Å². The lowest BCUT2D eigenvalue weighted by molar-refractivity contribution is 0.140. The van der Waals surface area contributed by atoms with Crippen LogP contribution in [-0.2, 0) is 0 Å². The normalized spacial score (nSPS) is 20.8. The third-order valence-corrected chi connectivity index (χ3v) is 6.59. The fourth-order valence-electron chi connectivity index (χ4n) is 4.67. The zero-order chi connectivity index (χ0) is 22.8. The number of methoxy groups -OCH3 is 1. The Morgan fingerprint density at radius 1 is 1.09 bits per heavy atom. The molecule has 0 amide bonds. The molecular formula is C25H44N6O. The molecule has 0 aromatic heterocycles. The fourth-order valence-corrected chi connectivity index (χ4v) is 4.67. The van der Waals surface area contributed by atoms with Crippen LogP contribution in [0.15, 0.2) is 29.3 Å². The number of ether oxygens (including phenoxy) is 1. The number of hydrogen-bond donors (Lipinski definition) is 2. The molecule has 2 unspecified atom stereocenters. The highest BCUT2D eigenvalue weighted by Crippen LogP contribution is 2.27. The zero-order valence-electron chi connectivity index (χ0n) is 20.6.